The zero-order chi connectivity index (χ0) is 14.5. The van der Waals surface area contributed by atoms with Gasteiger partial charge in [-0.05, 0) is 41.8 Å². The van der Waals surface area contributed by atoms with Crippen molar-refractivity contribution in [2.24, 2.45) is 5.84 Å². The first-order valence-electron chi connectivity index (χ1n) is 6.18. The van der Waals surface area contributed by atoms with Crippen molar-refractivity contribution >= 4 is 15.9 Å². The molecule has 0 aromatic heterocycles. The lowest BCUT2D eigenvalue weighted by molar-refractivity contribution is 0.385. The van der Waals surface area contributed by atoms with Gasteiger partial charge in [0.05, 0.1) is 13.2 Å². The van der Waals surface area contributed by atoms with Crippen molar-refractivity contribution in [2.45, 2.75) is 12.5 Å². The van der Waals surface area contributed by atoms with E-state index in [1.807, 2.05) is 30.3 Å². The first-order valence-corrected chi connectivity index (χ1v) is 6.97. The molecule has 0 saturated heterocycles. The average Bonchev–Trinajstić information content (AvgIpc) is 2.44. The van der Waals surface area contributed by atoms with Crippen molar-refractivity contribution in [1.29, 1.82) is 0 Å². The third kappa shape index (κ3) is 3.56. The van der Waals surface area contributed by atoms with Gasteiger partial charge in [-0.1, -0.05) is 34.1 Å². The van der Waals surface area contributed by atoms with E-state index >= 15 is 0 Å². The highest BCUT2D eigenvalue weighted by Gasteiger charge is 2.13. The van der Waals surface area contributed by atoms with Gasteiger partial charge in [-0.3, -0.25) is 11.3 Å². The van der Waals surface area contributed by atoms with Crippen LogP contribution >= 0.6 is 15.9 Å². The minimum atomic E-state index is -0.389. The molecule has 0 heterocycles. The number of ether oxygens (including phenoxy) is 1. The number of methoxy groups -OCH3 is 1. The zero-order valence-corrected chi connectivity index (χ0v) is 12.7. The van der Waals surface area contributed by atoms with Crippen molar-refractivity contribution in [3.05, 3.63) is 63.9 Å². The smallest absolute Gasteiger partial charge is 0.165 e. The summed E-state index contributed by atoms with van der Waals surface area (Å²) in [5.74, 6) is 5.44. The zero-order valence-electron chi connectivity index (χ0n) is 11.1. The first kappa shape index (κ1) is 15.0. The van der Waals surface area contributed by atoms with Crippen LogP contribution in [-0.2, 0) is 6.42 Å². The van der Waals surface area contributed by atoms with Crippen molar-refractivity contribution in [1.82, 2.24) is 5.43 Å². The van der Waals surface area contributed by atoms with Crippen LogP contribution in [0.1, 0.15) is 17.2 Å². The van der Waals surface area contributed by atoms with E-state index in [4.69, 9.17) is 10.6 Å². The molecule has 0 amide bonds. The summed E-state index contributed by atoms with van der Waals surface area (Å²) in [6.07, 6.45) is 0.668. The normalized spacial score (nSPS) is 12.2. The van der Waals surface area contributed by atoms with Gasteiger partial charge in [0.15, 0.2) is 11.6 Å². The summed E-state index contributed by atoms with van der Waals surface area (Å²) in [5, 5.41) is 0. The molecule has 20 heavy (non-hydrogen) atoms. The van der Waals surface area contributed by atoms with E-state index in [0.29, 0.717) is 6.42 Å². The van der Waals surface area contributed by atoms with Crippen LogP contribution in [0.5, 0.6) is 5.75 Å². The van der Waals surface area contributed by atoms with E-state index in [9.17, 15) is 4.39 Å². The second kappa shape index (κ2) is 6.83. The second-order valence-electron chi connectivity index (χ2n) is 4.45. The summed E-state index contributed by atoms with van der Waals surface area (Å²) in [6.45, 7) is 0. The Morgan fingerprint density at radius 3 is 2.70 bits per heavy atom. The van der Waals surface area contributed by atoms with E-state index in [-0.39, 0.29) is 17.6 Å². The monoisotopic (exact) mass is 338 g/mol. The summed E-state index contributed by atoms with van der Waals surface area (Å²) in [7, 11) is 1.44. The fourth-order valence-corrected chi connectivity index (χ4v) is 2.52. The maximum Gasteiger partial charge on any atom is 0.165 e. The number of rotatable bonds is 5. The Bertz CT molecular complexity index is 592. The van der Waals surface area contributed by atoms with E-state index in [2.05, 4.69) is 21.4 Å². The minimum Gasteiger partial charge on any atom is -0.494 e. The molecule has 0 spiro atoms. The lowest BCUT2D eigenvalue weighted by Gasteiger charge is -2.17. The van der Waals surface area contributed by atoms with Crippen LogP contribution in [-0.4, -0.2) is 7.11 Å². The fourth-order valence-electron chi connectivity index (χ4n) is 2.07. The number of nitrogens with one attached hydrogen (secondary N) is 1. The average molecular weight is 339 g/mol. The van der Waals surface area contributed by atoms with Crippen molar-refractivity contribution in [2.75, 3.05) is 7.11 Å². The Hall–Kier alpha value is -1.43. The van der Waals surface area contributed by atoms with Gasteiger partial charge in [0, 0.05) is 4.47 Å². The Morgan fingerprint density at radius 1 is 1.30 bits per heavy atom. The van der Waals surface area contributed by atoms with Crippen molar-refractivity contribution < 1.29 is 9.13 Å². The molecule has 0 aliphatic heterocycles. The van der Waals surface area contributed by atoms with Crippen LogP contribution in [0.15, 0.2) is 46.9 Å². The highest BCUT2D eigenvalue weighted by molar-refractivity contribution is 9.10. The molecule has 0 saturated carbocycles. The predicted octanol–water partition coefficient (Wildman–Crippen LogP) is 3.34. The number of hydrogen-bond acceptors (Lipinski definition) is 3. The Balaban J connectivity index is 2.22. The Labute approximate surface area is 126 Å². The van der Waals surface area contributed by atoms with E-state index in [1.54, 1.807) is 6.07 Å². The van der Waals surface area contributed by atoms with Crippen LogP contribution in [0.3, 0.4) is 0 Å². The summed E-state index contributed by atoms with van der Waals surface area (Å²) in [6, 6.07) is 12.6. The maximum atomic E-state index is 13.7. The quantitative estimate of drug-likeness (QED) is 0.649. The van der Waals surface area contributed by atoms with Gasteiger partial charge in [0.25, 0.3) is 0 Å². The molecule has 3 N–H and O–H groups in total. The van der Waals surface area contributed by atoms with Gasteiger partial charge in [-0.25, -0.2) is 4.39 Å². The van der Waals surface area contributed by atoms with Gasteiger partial charge >= 0.3 is 0 Å². The van der Waals surface area contributed by atoms with Crippen molar-refractivity contribution in [3.8, 4) is 5.75 Å². The maximum absolute atomic E-state index is 13.7. The van der Waals surface area contributed by atoms with Crippen LogP contribution in [0.4, 0.5) is 4.39 Å². The molecule has 0 aliphatic rings. The molecule has 0 bridgehead atoms. The molecular formula is C15H16BrFN2O. The molecular weight excluding hydrogens is 323 g/mol. The number of hydrazine groups is 1. The standard InChI is InChI=1S/C15H16BrFN2O/c1-20-15-6-5-11(9-13(15)17)14(19-18)8-10-3-2-4-12(16)7-10/h2-7,9,14,19H,8,18H2,1H3. The first-order chi connectivity index (χ1) is 9.63. The topological polar surface area (TPSA) is 47.3 Å². The van der Waals surface area contributed by atoms with Gasteiger partial charge in [0.2, 0.25) is 0 Å². The van der Waals surface area contributed by atoms with Crippen LogP contribution < -0.4 is 16.0 Å². The molecule has 1 atom stereocenters. The van der Waals surface area contributed by atoms with E-state index in [0.717, 1.165) is 15.6 Å². The van der Waals surface area contributed by atoms with Gasteiger partial charge < -0.3 is 4.74 Å². The molecule has 2 rings (SSSR count). The SMILES string of the molecule is COc1ccc(C(Cc2cccc(Br)c2)NN)cc1F. The molecule has 0 fully saturated rings. The Morgan fingerprint density at radius 2 is 2.10 bits per heavy atom. The molecule has 1 unspecified atom stereocenters. The highest BCUT2D eigenvalue weighted by Crippen LogP contribution is 2.24. The van der Waals surface area contributed by atoms with Crippen LogP contribution in [0.25, 0.3) is 0 Å². The van der Waals surface area contributed by atoms with Crippen LogP contribution in [0.2, 0.25) is 0 Å². The van der Waals surface area contributed by atoms with Crippen LogP contribution in [0, 0.1) is 5.82 Å². The minimum absolute atomic E-state index is 0.162. The molecule has 106 valence electrons. The molecule has 0 aliphatic carbocycles. The Kier molecular flexibility index (Phi) is 5.11. The third-order valence-electron chi connectivity index (χ3n) is 3.11. The number of halogens is 2. The number of hydrogen-bond donors (Lipinski definition) is 2. The number of benzene rings is 2. The lowest BCUT2D eigenvalue weighted by Crippen LogP contribution is -2.29. The number of nitrogens with two attached hydrogens (primary N) is 1. The summed E-state index contributed by atoms with van der Waals surface area (Å²) >= 11 is 3.43. The van der Waals surface area contributed by atoms with Gasteiger partial charge in [-0.2, -0.15) is 0 Å². The highest BCUT2D eigenvalue weighted by atomic mass is 79.9. The van der Waals surface area contributed by atoms with E-state index < -0.39 is 0 Å². The second-order valence-corrected chi connectivity index (χ2v) is 5.36. The molecule has 2 aromatic rings. The lowest BCUT2D eigenvalue weighted by atomic mass is 9.99. The fraction of sp³-hybridized carbons (Fsp3) is 0.200. The van der Waals surface area contributed by atoms with Crippen molar-refractivity contribution in [3.63, 3.8) is 0 Å². The summed E-state index contributed by atoms with van der Waals surface area (Å²) < 4.78 is 19.7. The van der Waals surface area contributed by atoms with Gasteiger partial charge in [-0.15, -0.1) is 0 Å². The predicted molar refractivity (Wildman–Crippen MR) is 80.9 cm³/mol. The van der Waals surface area contributed by atoms with E-state index in [1.165, 1.54) is 13.2 Å². The molecule has 3 nitrogen and oxygen atoms in total. The van der Waals surface area contributed by atoms with Gasteiger partial charge in [0.1, 0.15) is 0 Å². The third-order valence-corrected chi connectivity index (χ3v) is 3.60. The molecule has 0 radical (unpaired) electrons. The molecule has 5 heteroatoms. The largest absolute Gasteiger partial charge is 0.494 e. The summed E-state index contributed by atoms with van der Waals surface area (Å²) in [5.41, 5.74) is 4.62. The summed E-state index contributed by atoms with van der Waals surface area (Å²) in [4.78, 5) is 0. The molecule has 2 aromatic carbocycles.